The first-order valence-electron chi connectivity index (χ1n) is 13.2. The summed E-state index contributed by atoms with van der Waals surface area (Å²) in [5.41, 5.74) is 3.34. The van der Waals surface area contributed by atoms with Gasteiger partial charge in [0.05, 0.1) is 31.0 Å². The lowest BCUT2D eigenvalue weighted by atomic mass is 9.94. The molecule has 0 spiro atoms. The number of nitrogens with one attached hydrogen (secondary N) is 1. The van der Waals surface area contributed by atoms with Crippen molar-refractivity contribution in [3.8, 4) is 11.5 Å². The van der Waals surface area contributed by atoms with Crippen LogP contribution in [0, 0.1) is 0 Å². The summed E-state index contributed by atoms with van der Waals surface area (Å²) >= 11 is 6.66. The van der Waals surface area contributed by atoms with E-state index in [0.29, 0.717) is 27.9 Å². The number of nitrogens with zero attached hydrogens (tertiary/aromatic N) is 1. The van der Waals surface area contributed by atoms with Crippen LogP contribution in [0.25, 0.3) is 10.9 Å². The maximum Gasteiger partial charge on any atom is 0.311 e. The van der Waals surface area contributed by atoms with Gasteiger partial charge in [-0.2, -0.15) is 0 Å². The average molecular weight is 575 g/mol. The maximum absolute atomic E-state index is 13.0. The molecule has 0 aliphatic rings. The summed E-state index contributed by atoms with van der Waals surface area (Å²) in [5.74, 6) is -0.587. The van der Waals surface area contributed by atoms with Gasteiger partial charge in [0.2, 0.25) is 5.91 Å². The van der Waals surface area contributed by atoms with Crippen molar-refractivity contribution in [2.75, 3.05) is 7.11 Å². The lowest BCUT2D eigenvalue weighted by Crippen LogP contribution is -2.28. The second-order valence-corrected chi connectivity index (χ2v) is 9.76. The summed E-state index contributed by atoms with van der Waals surface area (Å²) in [6.45, 7) is 3.53. The molecule has 1 heterocycles. The molecule has 1 atom stereocenters. The van der Waals surface area contributed by atoms with Crippen LogP contribution in [0.3, 0.4) is 0 Å². The van der Waals surface area contributed by atoms with Crippen LogP contribution >= 0.6 is 11.6 Å². The molecular formula is C32H31ClN2O6. The Morgan fingerprint density at radius 3 is 2.44 bits per heavy atom. The molecule has 9 heteroatoms. The van der Waals surface area contributed by atoms with Crippen molar-refractivity contribution in [3.05, 3.63) is 100 Å². The van der Waals surface area contributed by atoms with Gasteiger partial charge in [0.25, 0.3) is 0 Å². The van der Waals surface area contributed by atoms with E-state index in [1.165, 1.54) is 6.92 Å². The molecule has 0 bridgehead atoms. The molecule has 1 amide bonds. The predicted molar refractivity (Wildman–Crippen MR) is 156 cm³/mol. The first kappa shape index (κ1) is 29.6. The zero-order chi connectivity index (χ0) is 29.4. The van der Waals surface area contributed by atoms with E-state index < -0.39 is 18.0 Å². The molecule has 0 saturated carbocycles. The van der Waals surface area contributed by atoms with Crippen molar-refractivity contribution in [3.63, 3.8) is 0 Å². The van der Waals surface area contributed by atoms with E-state index in [1.54, 1.807) is 31.5 Å². The van der Waals surface area contributed by atoms with Crippen molar-refractivity contribution >= 4 is 40.3 Å². The van der Waals surface area contributed by atoms with E-state index in [1.807, 2.05) is 55.5 Å². The molecule has 1 unspecified atom stereocenters. The minimum Gasteiger partial charge on any atom is -0.496 e. The largest absolute Gasteiger partial charge is 0.496 e. The molecule has 1 aromatic heterocycles. The van der Waals surface area contributed by atoms with Gasteiger partial charge >= 0.3 is 11.9 Å². The summed E-state index contributed by atoms with van der Waals surface area (Å²) in [6.07, 6.45) is 1.90. The topological polar surface area (TPSA) is 104 Å². The maximum atomic E-state index is 13.0. The number of benzene rings is 3. The minimum atomic E-state index is -0.716. The Morgan fingerprint density at radius 1 is 0.976 bits per heavy atom. The van der Waals surface area contributed by atoms with E-state index in [-0.39, 0.29) is 31.1 Å². The molecule has 212 valence electrons. The van der Waals surface area contributed by atoms with Gasteiger partial charge in [-0.3, -0.25) is 19.4 Å². The fraction of sp³-hybridized carbons (Fsp3) is 0.250. The van der Waals surface area contributed by atoms with Crippen LogP contribution in [-0.4, -0.2) is 29.9 Å². The van der Waals surface area contributed by atoms with Gasteiger partial charge in [-0.25, -0.2) is 0 Å². The normalized spacial score (nSPS) is 11.5. The minimum absolute atomic E-state index is 0.116. The van der Waals surface area contributed by atoms with E-state index >= 15 is 0 Å². The van der Waals surface area contributed by atoms with Crippen LogP contribution in [0.5, 0.6) is 11.5 Å². The molecule has 1 N–H and O–H groups in total. The Morgan fingerprint density at radius 2 is 1.73 bits per heavy atom. The number of halogens is 1. The van der Waals surface area contributed by atoms with Crippen LogP contribution in [0.1, 0.15) is 55.0 Å². The van der Waals surface area contributed by atoms with Crippen molar-refractivity contribution in [2.24, 2.45) is 0 Å². The summed E-state index contributed by atoms with van der Waals surface area (Å²) in [4.78, 5) is 42.2. The molecule has 0 aliphatic carbocycles. The van der Waals surface area contributed by atoms with Crippen LogP contribution in [-0.2, 0) is 32.1 Å². The molecule has 0 radical (unpaired) electrons. The van der Waals surface area contributed by atoms with E-state index in [4.69, 9.17) is 25.8 Å². The standard InChI is InChI=1S/C32H31ClN2O6/c1-4-22-17-23(12-13-27(22)39-3)30(35-20(2)36)25-18-26(33)24-11-8-16-34-31(24)32(25)41-29(38)15-14-28(37)40-19-21-9-6-5-7-10-21/h5-13,16-18,30H,4,14-15,19H2,1-3H3,(H,35,36). The van der Waals surface area contributed by atoms with E-state index in [2.05, 4.69) is 10.3 Å². The van der Waals surface area contributed by atoms with Crippen molar-refractivity contribution in [1.29, 1.82) is 0 Å². The molecule has 8 nitrogen and oxygen atoms in total. The smallest absolute Gasteiger partial charge is 0.311 e. The third-order valence-electron chi connectivity index (χ3n) is 6.49. The fourth-order valence-electron chi connectivity index (χ4n) is 4.49. The Hall–Kier alpha value is -4.43. The summed E-state index contributed by atoms with van der Waals surface area (Å²) < 4.78 is 16.6. The van der Waals surface area contributed by atoms with Gasteiger partial charge in [0.15, 0.2) is 5.75 Å². The third kappa shape index (κ3) is 7.41. The number of aryl methyl sites for hydroxylation is 1. The first-order chi connectivity index (χ1) is 19.8. The predicted octanol–water partition coefficient (Wildman–Crippen LogP) is 6.11. The second-order valence-electron chi connectivity index (χ2n) is 9.36. The van der Waals surface area contributed by atoms with Crippen molar-refractivity contribution in [1.82, 2.24) is 10.3 Å². The number of pyridine rings is 1. The van der Waals surface area contributed by atoms with Crippen LogP contribution < -0.4 is 14.8 Å². The molecule has 4 rings (SSSR count). The van der Waals surface area contributed by atoms with Gasteiger partial charge in [-0.15, -0.1) is 0 Å². The highest BCUT2D eigenvalue weighted by Gasteiger charge is 2.26. The molecule has 0 saturated heterocycles. The van der Waals surface area contributed by atoms with E-state index in [0.717, 1.165) is 22.4 Å². The highest BCUT2D eigenvalue weighted by atomic mass is 35.5. The number of methoxy groups -OCH3 is 1. The molecule has 0 aliphatic heterocycles. The number of esters is 2. The number of fused-ring (bicyclic) bond motifs is 1. The molecule has 4 aromatic rings. The molecule has 41 heavy (non-hydrogen) atoms. The summed E-state index contributed by atoms with van der Waals surface area (Å²) in [5, 5.41) is 3.92. The number of aromatic nitrogens is 1. The highest BCUT2D eigenvalue weighted by molar-refractivity contribution is 6.35. The number of ether oxygens (including phenoxy) is 3. The highest BCUT2D eigenvalue weighted by Crippen LogP contribution is 2.40. The van der Waals surface area contributed by atoms with Crippen LogP contribution in [0.15, 0.2) is 72.9 Å². The number of carbonyl (C=O) groups excluding carboxylic acids is 3. The average Bonchev–Trinajstić information content (AvgIpc) is 2.99. The third-order valence-corrected chi connectivity index (χ3v) is 6.81. The SMILES string of the molecule is CCc1cc(C(NC(C)=O)c2cc(Cl)c3cccnc3c2OC(=O)CCC(=O)OCc2ccccc2)ccc1OC. The fourth-order valence-corrected chi connectivity index (χ4v) is 4.76. The Kier molecular flexibility index (Phi) is 9.92. The lowest BCUT2D eigenvalue weighted by Gasteiger charge is -2.24. The zero-order valence-electron chi connectivity index (χ0n) is 23.1. The molecule has 0 fully saturated rings. The van der Waals surface area contributed by atoms with Crippen molar-refractivity contribution in [2.45, 2.75) is 45.8 Å². The number of rotatable bonds is 11. The molecule has 3 aromatic carbocycles. The Bertz CT molecular complexity index is 1560. The molecular weight excluding hydrogens is 544 g/mol. The number of carbonyl (C=O) groups is 3. The number of hydrogen-bond acceptors (Lipinski definition) is 7. The first-order valence-corrected chi connectivity index (χ1v) is 13.6. The number of hydrogen-bond donors (Lipinski definition) is 1. The van der Waals surface area contributed by atoms with Gasteiger partial charge in [0, 0.05) is 24.1 Å². The van der Waals surface area contributed by atoms with Gasteiger partial charge in [-0.1, -0.05) is 54.9 Å². The zero-order valence-corrected chi connectivity index (χ0v) is 23.9. The Labute approximate surface area is 243 Å². The van der Waals surface area contributed by atoms with Gasteiger partial charge in [0.1, 0.15) is 17.9 Å². The number of amides is 1. The lowest BCUT2D eigenvalue weighted by molar-refractivity contribution is -0.148. The van der Waals surface area contributed by atoms with Gasteiger partial charge < -0.3 is 19.5 Å². The van der Waals surface area contributed by atoms with E-state index in [9.17, 15) is 14.4 Å². The van der Waals surface area contributed by atoms with Crippen LogP contribution in [0.2, 0.25) is 5.02 Å². The van der Waals surface area contributed by atoms with Gasteiger partial charge in [-0.05, 0) is 53.4 Å². The summed E-state index contributed by atoms with van der Waals surface area (Å²) in [6, 6.07) is 19.3. The Balaban J connectivity index is 1.65. The quantitative estimate of drug-likeness (QED) is 0.170. The summed E-state index contributed by atoms with van der Waals surface area (Å²) in [7, 11) is 1.60. The monoisotopic (exact) mass is 574 g/mol. The van der Waals surface area contributed by atoms with Crippen LogP contribution in [0.4, 0.5) is 0 Å². The second kappa shape index (κ2) is 13.8. The van der Waals surface area contributed by atoms with Crippen molar-refractivity contribution < 1.29 is 28.6 Å².